The van der Waals surface area contributed by atoms with Crippen molar-refractivity contribution < 1.29 is 24.2 Å². The molecule has 2 aromatic rings. The Bertz CT molecular complexity index is 1040. The Balaban J connectivity index is 2.08. The van der Waals surface area contributed by atoms with Crippen molar-refractivity contribution in [3.63, 3.8) is 0 Å². The fourth-order valence-corrected chi connectivity index (χ4v) is 5.48. The van der Waals surface area contributed by atoms with E-state index in [2.05, 4.69) is 13.8 Å². The average molecular weight is 483 g/mol. The fourth-order valence-electron chi connectivity index (χ4n) is 4.38. The zero-order valence-electron chi connectivity index (χ0n) is 20.5. The van der Waals surface area contributed by atoms with Crippen LogP contribution in [0.1, 0.15) is 70.9 Å². The highest BCUT2D eigenvalue weighted by molar-refractivity contribution is 8.04. The van der Waals surface area contributed by atoms with Crippen molar-refractivity contribution in [1.29, 1.82) is 0 Å². The Labute approximate surface area is 206 Å². The van der Waals surface area contributed by atoms with Gasteiger partial charge in [-0.3, -0.25) is 4.79 Å². The van der Waals surface area contributed by atoms with Gasteiger partial charge in [0.1, 0.15) is 16.6 Å². The number of thioether (sulfide) groups is 1. The van der Waals surface area contributed by atoms with Gasteiger partial charge in [-0.15, -0.1) is 0 Å². The number of carbonyl (C=O) groups excluding carboxylic acids is 2. The third kappa shape index (κ3) is 5.49. The molecular weight excluding hydrogens is 448 g/mol. The Hall–Kier alpha value is -2.73. The SMILES string of the molecule is CCCC(C(=O)OC(C)C)C1(c2ccccc2)CC(O)=C(Sc2ccccc2C(C)C)C(=O)O1. The van der Waals surface area contributed by atoms with E-state index in [1.54, 1.807) is 13.8 Å². The third-order valence-corrected chi connectivity index (χ3v) is 7.14. The molecule has 1 N–H and O–H groups in total. The molecule has 0 aromatic heterocycles. The van der Waals surface area contributed by atoms with Crippen LogP contribution < -0.4 is 0 Å². The number of hydrogen-bond acceptors (Lipinski definition) is 6. The van der Waals surface area contributed by atoms with Gasteiger partial charge in [0.25, 0.3) is 0 Å². The molecule has 0 saturated heterocycles. The first-order valence-corrected chi connectivity index (χ1v) is 12.7. The van der Waals surface area contributed by atoms with Gasteiger partial charge in [-0.05, 0) is 43.4 Å². The molecule has 2 atom stereocenters. The van der Waals surface area contributed by atoms with Gasteiger partial charge in [-0.25, -0.2) is 4.79 Å². The van der Waals surface area contributed by atoms with Gasteiger partial charge in [0.2, 0.25) is 0 Å². The van der Waals surface area contributed by atoms with Crippen LogP contribution in [0.3, 0.4) is 0 Å². The molecule has 0 aliphatic carbocycles. The third-order valence-electron chi connectivity index (χ3n) is 5.94. The summed E-state index contributed by atoms with van der Waals surface area (Å²) in [6.07, 6.45) is 0.853. The first kappa shape index (κ1) is 25.9. The molecule has 182 valence electrons. The van der Waals surface area contributed by atoms with Crippen molar-refractivity contribution in [2.24, 2.45) is 5.92 Å². The highest BCUT2D eigenvalue weighted by atomic mass is 32.2. The second-order valence-electron chi connectivity index (χ2n) is 9.22. The topological polar surface area (TPSA) is 72.8 Å². The van der Waals surface area contributed by atoms with Gasteiger partial charge < -0.3 is 14.6 Å². The normalized spacial score (nSPS) is 19.3. The van der Waals surface area contributed by atoms with Crippen LogP contribution in [0.15, 0.2) is 70.2 Å². The summed E-state index contributed by atoms with van der Waals surface area (Å²) in [5.74, 6) is -1.61. The zero-order chi connectivity index (χ0) is 24.9. The molecule has 0 bridgehead atoms. The predicted molar refractivity (Wildman–Crippen MR) is 134 cm³/mol. The number of benzene rings is 2. The lowest BCUT2D eigenvalue weighted by Crippen LogP contribution is -2.47. The maximum absolute atomic E-state index is 13.4. The summed E-state index contributed by atoms with van der Waals surface area (Å²) < 4.78 is 11.7. The van der Waals surface area contributed by atoms with Crippen LogP contribution in [0, 0.1) is 5.92 Å². The number of ether oxygens (including phenoxy) is 2. The van der Waals surface area contributed by atoms with Crippen LogP contribution in [0.25, 0.3) is 0 Å². The van der Waals surface area contributed by atoms with E-state index in [9.17, 15) is 14.7 Å². The number of aliphatic hydroxyl groups is 1. The summed E-state index contributed by atoms with van der Waals surface area (Å²) in [6, 6.07) is 17.0. The molecule has 1 heterocycles. The number of hydrogen-bond donors (Lipinski definition) is 1. The van der Waals surface area contributed by atoms with Gasteiger partial charge in [-0.1, -0.05) is 87.5 Å². The minimum atomic E-state index is -1.34. The molecular formula is C28H34O5S. The smallest absolute Gasteiger partial charge is 0.349 e. The summed E-state index contributed by atoms with van der Waals surface area (Å²) in [7, 11) is 0. The Morgan fingerprint density at radius 1 is 1.09 bits per heavy atom. The largest absolute Gasteiger partial charge is 0.511 e. The first-order valence-electron chi connectivity index (χ1n) is 11.9. The summed E-state index contributed by atoms with van der Waals surface area (Å²) in [6.45, 7) is 9.73. The van der Waals surface area contributed by atoms with E-state index in [1.165, 1.54) is 11.8 Å². The molecule has 3 rings (SSSR count). The van der Waals surface area contributed by atoms with E-state index >= 15 is 0 Å². The molecule has 6 heteroatoms. The molecule has 34 heavy (non-hydrogen) atoms. The Kier molecular flexibility index (Phi) is 8.47. The number of rotatable bonds is 9. The number of aliphatic hydroxyl groups excluding tert-OH is 1. The van der Waals surface area contributed by atoms with Crippen molar-refractivity contribution in [2.75, 3.05) is 0 Å². The molecule has 2 unspecified atom stereocenters. The molecule has 0 spiro atoms. The minimum absolute atomic E-state index is 0.00674. The van der Waals surface area contributed by atoms with Gasteiger partial charge >= 0.3 is 11.9 Å². The lowest BCUT2D eigenvalue weighted by molar-refractivity contribution is -0.181. The number of esters is 2. The van der Waals surface area contributed by atoms with Crippen LogP contribution in [0.5, 0.6) is 0 Å². The van der Waals surface area contributed by atoms with Crippen LogP contribution >= 0.6 is 11.8 Å². The lowest BCUT2D eigenvalue weighted by atomic mass is 9.75. The van der Waals surface area contributed by atoms with Crippen molar-refractivity contribution in [2.45, 2.75) is 76.4 Å². The van der Waals surface area contributed by atoms with E-state index in [1.807, 2.05) is 61.5 Å². The molecule has 2 aromatic carbocycles. The molecule has 1 aliphatic rings. The van der Waals surface area contributed by atoms with Gasteiger partial charge in [-0.2, -0.15) is 0 Å². The number of cyclic esters (lactones) is 1. The number of carbonyl (C=O) groups is 2. The van der Waals surface area contributed by atoms with Crippen molar-refractivity contribution in [3.05, 3.63) is 76.4 Å². The van der Waals surface area contributed by atoms with Crippen LogP contribution in [-0.2, 0) is 24.7 Å². The van der Waals surface area contributed by atoms with E-state index < -0.39 is 23.5 Å². The minimum Gasteiger partial charge on any atom is -0.511 e. The molecule has 5 nitrogen and oxygen atoms in total. The molecule has 0 saturated carbocycles. The predicted octanol–water partition coefficient (Wildman–Crippen LogP) is 6.88. The van der Waals surface area contributed by atoms with Gasteiger partial charge in [0.15, 0.2) is 5.60 Å². The molecule has 0 fully saturated rings. The van der Waals surface area contributed by atoms with Crippen molar-refractivity contribution >= 4 is 23.7 Å². The zero-order valence-corrected chi connectivity index (χ0v) is 21.4. The average Bonchev–Trinajstić information content (AvgIpc) is 2.80. The quantitative estimate of drug-likeness (QED) is 0.393. The van der Waals surface area contributed by atoms with Gasteiger partial charge in [0, 0.05) is 4.90 Å². The Morgan fingerprint density at radius 2 is 1.74 bits per heavy atom. The second-order valence-corrected chi connectivity index (χ2v) is 10.3. The van der Waals surface area contributed by atoms with Gasteiger partial charge in [0.05, 0.1) is 12.5 Å². The highest BCUT2D eigenvalue weighted by Crippen LogP contribution is 2.49. The summed E-state index contributed by atoms with van der Waals surface area (Å²) in [5, 5.41) is 11.2. The maximum Gasteiger partial charge on any atom is 0.349 e. The van der Waals surface area contributed by atoms with E-state index in [4.69, 9.17) is 9.47 Å². The van der Waals surface area contributed by atoms with Crippen molar-refractivity contribution in [3.8, 4) is 0 Å². The van der Waals surface area contributed by atoms with E-state index in [0.717, 1.165) is 10.5 Å². The van der Waals surface area contributed by atoms with Crippen LogP contribution in [0.2, 0.25) is 0 Å². The first-order chi connectivity index (χ1) is 16.2. The molecule has 1 aliphatic heterocycles. The second kappa shape index (κ2) is 11.1. The maximum atomic E-state index is 13.4. The Morgan fingerprint density at radius 3 is 2.32 bits per heavy atom. The van der Waals surface area contributed by atoms with E-state index in [0.29, 0.717) is 18.4 Å². The van der Waals surface area contributed by atoms with Crippen LogP contribution in [0.4, 0.5) is 0 Å². The fraction of sp³-hybridized carbons (Fsp3) is 0.429. The van der Waals surface area contributed by atoms with Crippen LogP contribution in [-0.4, -0.2) is 23.1 Å². The summed E-state index contributed by atoms with van der Waals surface area (Å²) in [4.78, 5) is 27.7. The standard InChI is InChI=1S/C28H34O5S/c1-6-12-22(26(30)32-19(4)5)28(20-13-8-7-9-14-20)17-23(29)25(27(31)33-28)34-24-16-11-10-15-21(24)18(2)3/h7-11,13-16,18-19,22,29H,6,12,17H2,1-5H3. The molecule has 0 amide bonds. The lowest BCUT2D eigenvalue weighted by Gasteiger charge is -2.42. The highest BCUT2D eigenvalue weighted by Gasteiger charge is 2.52. The summed E-state index contributed by atoms with van der Waals surface area (Å²) >= 11 is 1.21. The molecule has 0 radical (unpaired) electrons. The van der Waals surface area contributed by atoms with E-state index in [-0.39, 0.29) is 29.1 Å². The monoisotopic (exact) mass is 482 g/mol. The summed E-state index contributed by atoms with van der Waals surface area (Å²) in [5.41, 5.74) is 0.414. The van der Waals surface area contributed by atoms with Crippen molar-refractivity contribution in [1.82, 2.24) is 0 Å².